The SMILES string of the molecule is CN1CCNCC1c1noc(-c2cc(C3CC3)nc3c2c(=O)[nH]n3C)n1.Cl. The quantitative estimate of drug-likeness (QED) is 0.690. The van der Waals surface area contributed by atoms with Crippen molar-refractivity contribution in [3.8, 4) is 11.5 Å². The third kappa shape index (κ3) is 3.05. The number of aromatic nitrogens is 5. The largest absolute Gasteiger partial charge is 0.334 e. The molecule has 9 nitrogen and oxygen atoms in total. The number of nitrogens with one attached hydrogen (secondary N) is 2. The number of likely N-dealkylation sites (N-methyl/N-ethyl adjacent to an activating group) is 1. The van der Waals surface area contributed by atoms with Gasteiger partial charge in [0.25, 0.3) is 11.4 Å². The zero-order chi connectivity index (χ0) is 17.8. The van der Waals surface area contributed by atoms with E-state index in [0.717, 1.165) is 38.2 Å². The summed E-state index contributed by atoms with van der Waals surface area (Å²) >= 11 is 0. The second-order valence-corrected chi connectivity index (χ2v) is 7.23. The molecule has 144 valence electrons. The van der Waals surface area contributed by atoms with E-state index < -0.39 is 0 Å². The van der Waals surface area contributed by atoms with Crippen LogP contribution in [-0.4, -0.2) is 56.5 Å². The first-order valence-electron chi connectivity index (χ1n) is 8.96. The predicted molar refractivity (Wildman–Crippen MR) is 102 cm³/mol. The zero-order valence-corrected chi connectivity index (χ0v) is 16.0. The van der Waals surface area contributed by atoms with E-state index in [2.05, 4.69) is 37.5 Å². The van der Waals surface area contributed by atoms with Gasteiger partial charge in [0.2, 0.25) is 0 Å². The second-order valence-electron chi connectivity index (χ2n) is 7.23. The van der Waals surface area contributed by atoms with Crippen molar-refractivity contribution < 1.29 is 4.52 Å². The minimum atomic E-state index is -0.191. The molecule has 3 aromatic heterocycles. The van der Waals surface area contributed by atoms with Gasteiger partial charge in [-0.15, -0.1) is 12.4 Å². The molecule has 0 radical (unpaired) electrons. The minimum Gasteiger partial charge on any atom is -0.334 e. The van der Waals surface area contributed by atoms with Gasteiger partial charge in [-0.05, 0) is 26.0 Å². The molecular weight excluding hydrogens is 370 g/mol. The van der Waals surface area contributed by atoms with E-state index in [1.54, 1.807) is 11.7 Å². The summed E-state index contributed by atoms with van der Waals surface area (Å²) in [6, 6.07) is 2.01. The van der Waals surface area contributed by atoms with Gasteiger partial charge in [-0.3, -0.25) is 19.5 Å². The minimum absolute atomic E-state index is 0. The lowest BCUT2D eigenvalue weighted by Crippen LogP contribution is -2.44. The number of aromatic amines is 1. The molecule has 2 aliphatic rings. The van der Waals surface area contributed by atoms with Gasteiger partial charge in [-0.2, -0.15) is 4.98 Å². The van der Waals surface area contributed by atoms with Crippen LogP contribution in [0.3, 0.4) is 0 Å². The maximum atomic E-state index is 12.4. The van der Waals surface area contributed by atoms with Crippen molar-refractivity contribution in [2.45, 2.75) is 24.8 Å². The maximum Gasteiger partial charge on any atom is 0.274 e. The summed E-state index contributed by atoms with van der Waals surface area (Å²) in [6.45, 7) is 2.66. The Balaban J connectivity index is 0.00000180. The fraction of sp³-hybridized carbons (Fsp3) is 0.529. The van der Waals surface area contributed by atoms with Crippen LogP contribution in [0.4, 0.5) is 0 Å². The Bertz CT molecular complexity index is 1040. The highest BCUT2D eigenvalue weighted by Gasteiger charge is 2.30. The topological polar surface area (TPSA) is 105 Å². The normalized spacial score (nSPS) is 20.7. The van der Waals surface area contributed by atoms with Crippen LogP contribution < -0.4 is 10.9 Å². The third-order valence-corrected chi connectivity index (χ3v) is 5.31. The number of fused-ring (bicyclic) bond motifs is 1. The summed E-state index contributed by atoms with van der Waals surface area (Å²) in [4.78, 5) is 23.9. The molecule has 1 aliphatic heterocycles. The molecular formula is C17H22ClN7O2. The Kier molecular flexibility index (Phi) is 4.53. The van der Waals surface area contributed by atoms with E-state index in [1.807, 2.05) is 6.07 Å². The van der Waals surface area contributed by atoms with Gasteiger partial charge in [0, 0.05) is 38.3 Å². The number of pyridine rings is 1. The number of halogens is 1. The Hall–Kier alpha value is -2.23. The van der Waals surface area contributed by atoms with Gasteiger partial charge in [-0.25, -0.2) is 4.98 Å². The van der Waals surface area contributed by atoms with Crippen LogP contribution in [0.15, 0.2) is 15.4 Å². The van der Waals surface area contributed by atoms with E-state index in [0.29, 0.717) is 34.2 Å². The van der Waals surface area contributed by atoms with Crippen LogP contribution in [0.25, 0.3) is 22.5 Å². The number of aryl methyl sites for hydroxylation is 1. The van der Waals surface area contributed by atoms with Gasteiger partial charge in [-0.1, -0.05) is 5.16 Å². The summed E-state index contributed by atoms with van der Waals surface area (Å²) in [5.41, 5.74) is 2.09. The lowest BCUT2D eigenvalue weighted by Gasteiger charge is -2.30. The average molecular weight is 392 g/mol. The molecule has 0 spiro atoms. The highest BCUT2D eigenvalue weighted by molar-refractivity contribution is 5.90. The Morgan fingerprint density at radius 1 is 1.26 bits per heavy atom. The van der Waals surface area contributed by atoms with E-state index in [9.17, 15) is 4.79 Å². The maximum absolute atomic E-state index is 12.4. The van der Waals surface area contributed by atoms with Crippen molar-refractivity contribution in [3.05, 3.63) is 27.9 Å². The zero-order valence-electron chi connectivity index (χ0n) is 15.2. The summed E-state index contributed by atoms with van der Waals surface area (Å²) in [6.07, 6.45) is 2.26. The van der Waals surface area contributed by atoms with E-state index in [-0.39, 0.29) is 24.0 Å². The van der Waals surface area contributed by atoms with Crippen molar-refractivity contribution >= 4 is 23.4 Å². The molecule has 1 unspecified atom stereocenters. The monoisotopic (exact) mass is 391 g/mol. The number of hydrogen-bond acceptors (Lipinski definition) is 7. The summed E-state index contributed by atoms with van der Waals surface area (Å²) in [7, 11) is 3.85. The van der Waals surface area contributed by atoms with Crippen LogP contribution >= 0.6 is 12.4 Å². The van der Waals surface area contributed by atoms with Gasteiger partial charge in [0.15, 0.2) is 11.5 Å². The fourth-order valence-electron chi connectivity index (χ4n) is 3.61. The fourth-order valence-corrected chi connectivity index (χ4v) is 3.61. The highest BCUT2D eigenvalue weighted by Crippen LogP contribution is 2.41. The van der Waals surface area contributed by atoms with Crippen LogP contribution in [0.1, 0.15) is 36.3 Å². The molecule has 2 fully saturated rings. The lowest BCUT2D eigenvalue weighted by atomic mass is 10.1. The van der Waals surface area contributed by atoms with Crippen LogP contribution in [-0.2, 0) is 7.05 Å². The van der Waals surface area contributed by atoms with Gasteiger partial charge >= 0.3 is 0 Å². The first kappa shape index (κ1) is 18.1. The number of H-pyrrole nitrogens is 1. The van der Waals surface area contributed by atoms with Gasteiger partial charge in [0.05, 0.1) is 17.0 Å². The molecule has 1 aliphatic carbocycles. The average Bonchev–Trinajstić information content (AvgIpc) is 3.30. The molecule has 0 bridgehead atoms. The summed E-state index contributed by atoms with van der Waals surface area (Å²) in [5, 5.41) is 10.8. The van der Waals surface area contributed by atoms with Crippen molar-refractivity contribution in [2.24, 2.45) is 7.05 Å². The van der Waals surface area contributed by atoms with Crippen molar-refractivity contribution in [2.75, 3.05) is 26.7 Å². The molecule has 0 amide bonds. The van der Waals surface area contributed by atoms with E-state index in [4.69, 9.17) is 4.52 Å². The molecule has 1 atom stereocenters. The molecule has 10 heteroatoms. The first-order valence-corrected chi connectivity index (χ1v) is 8.96. The van der Waals surface area contributed by atoms with Crippen molar-refractivity contribution in [1.29, 1.82) is 0 Å². The second kappa shape index (κ2) is 6.74. The van der Waals surface area contributed by atoms with Crippen LogP contribution in [0.5, 0.6) is 0 Å². The lowest BCUT2D eigenvalue weighted by molar-refractivity contribution is 0.190. The standard InChI is InChI=1S/C17H21N7O2.ClH/c1-23-6-5-18-8-12(23)14-20-17(26-22-14)10-7-11(9-3-4-9)19-15-13(10)16(25)21-24(15)2;/h7,9,12,18H,3-6,8H2,1-2H3,(H,21,25);1H. The molecule has 5 rings (SSSR count). The number of hydrogen-bond donors (Lipinski definition) is 2. The molecule has 4 heterocycles. The Morgan fingerprint density at radius 2 is 2.07 bits per heavy atom. The molecule has 27 heavy (non-hydrogen) atoms. The van der Waals surface area contributed by atoms with Crippen LogP contribution in [0, 0.1) is 0 Å². The third-order valence-electron chi connectivity index (χ3n) is 5.31. The predicted octanol–water partition coefficient (Wildman–Crippen LogP) is 1.19. The highest BCUT2D eigenvalue weighted by atomic mass is 35.5. The van der Waals surface area contributed by atoms with E-state index in [1.165, 1.54) is 0 Å². The number of piperazine rings is 1. The van der Waals surface area contributed by atoms with E-state index >= 15 is 0 Å². The Morgan fingerprint density at radius 3 is 2.81 bits per heavy atom. The van der Waals surface area contributed by atoms with Gasteiger partial charge in [0.1, 0.15) is 0 Å². The molecule has 2 N–H and O–H groups in total. The summed E-state index contributed by atoms with van der Waals surface area (Å²) < 4.78 is 7.23. The smallest absolute Gasteiger partial charge is 0.274 e. The molecule has 1 saturated heterocycles. The Labute approximate surface area is 161 Å². The first-order chi connectivity index (χ1) is 12.6. The molecule has 0 aromatic carbocycles. The molecule has 1 saturated carbocycles. The van der Waals surface area contributed by atoms with Crippen LogP contribution in [0.2, 0.25) is 0 Å². The summed E-state index contributed by atoms with van der Waals surface area (Å²) in [5.74, 6) is 1.48. The number of nitrogens with zero attached hydrogens (tertiary/aromatic N) is 5. The number of rotatable bonds is 3. The molecule has 3 aromatic rings. The van der Waals surface area contributed by atoms with Crippen molar-refractivity contribution in [3.63, 3.8) is 0 Å². The van der Waals surface area contributed by atoms with Crippen molar-refractivity contribution in [1.82, 2.24) is 35.1 Å². The van der Waals surface area contributed by atoms with Gasteiger partial charge < -0.3 is 9.84 Å².